The van der Waals surface area contributed by atoms with Gasteiger partial charge in [0.15, 0.2) is 0 Å². The van der Waals surface area contributed by atoms with Crippen molar-refractivity contribution in [2.24, 2.45) is 5.92 Å². The van der Waals surface area contributed by atoms with E-state index in [-0.39, 0.29) is 12.8 Å². The van der Waals surface area contributed by atoms with E-state index < -0.39 is 0 Å². The number of aromatic nitrogens is 1. The lowest BCUT2D eigenvalue weighted by Gasteiger charge is -2.18. The Morgan fingerprint density at radius 2 is 1.39 bits per heavy atom. The molecule has 0 aliphatic heterocycles. The van der Waals surface area contributed by atoms with Crippen LogP contribution in [0.4, 0.5) is 0 Å². The summed E-state index contributed by atoms with van der Waals surface area (Å²) in [6.45, 7) is 17.5. The van der Waals surface area contributed by atoms with E-state index in [0.717, 1.165) is 5.92 Å². The number of hydrogen-bond acceptors (Lipinski definition) is 1. The molecule has 0 aromatic carbocycles. The first-order valence-electron chi connectivity index (χ1n) is 6.61. The standard InChI is InChI=1S/C12H19N.C4H10.CH4/c1-9(2)11-7-6-10(8-13-11)12(3,4)5;1-4(2)3;/h6-9H,1-5H3;4H,1-3H3;1H4. The maximum absolute atomic E-state index is 4.44. The molecule has 0 aliphatic carbocycles. The summed E-state index contributed by atoms with van der Waals surface area (Å²) in [7, 11) is 0. The van der Waals surface area contributed by atoms with Gasteiger partial charge in [-0.3, -0.25) is 4.98 Å². The third-order valence-electron chi connectivity index (χ3n) is 2.24. The average Bonchev–Trinajstić information content (AvgIpc) is 2.15. The van der Waals surface area contributed by atoms with Gasteiger partial charge >= 0.3 is 0 Å². The molecule has 18 heavy (non-hydrogen) atoms. The number of pyridine rings is 1. The van der Waals surface area contributed by atoms with Crippen LogP contribution < -0.4 is 0 Å². The average molecular weight is 251 g/mol. The van der Waals surface area contributed by atoms with Crippen LogP contribution in [0.15, 0.2) is 18.3 Å². The molecule has 1 nitrogen and oxygen atoms in total. The van der Waals surface area contributed by atoms with Gasteiger partial charge in [0, 0.05) is 11.9 Å². The van der Waals surface area contributed by atoms with Crippen molar-refractivity contribution in [3.63, 3.8) is 0 Å². The predicted molar refractivity (Wildman–Crippen MR) is 84.3 cm³/mol. The Labute approximate surface area is 115 Å². The van der Waals surface area contributed by atoms with Crippen LogP contribution in [-0.2, 0) is 5.41 Å². The van der Waals surface area contributed by atoms with Gasteiger partial charge < -0.3 is 0 Å². The lowest BCUT2D eigenvalue weighted by molar-refractivity contribution is 0.586. The molecule has 0 saturated heterocycles. The topological polar surface area (TPSA) is 12.9 Å². The van der Waals surface area contributed by atoms with Crippen molar-refractivity contribution in [3.8, 4) is 0 Å². The molecule has 0 atom stereocenters. The molecule has 1 aromatic heterocycles. The normalized spacial score (nSPS) is 10.8. The zero-order chi connectivity index (χ0) is 13.6. The molecule has 0 bridgehead atoms. The van der Waals surface area contributed by atoms with E-state index in [0.29, 0.717) is 5.92 Å². The van der Waals surface area contributed by atoms with Gasteiger partial charge in [0.2, 0.25) is 0 Å². The second-order valence-corrected chi connectivity index (χ2v) is 6.61. The van der Waals surface area contributed by atoms with Crippen LogP contribution in [0.1, 0.15) is 80.0 Å². The molecule has 1 rings (SSSR count). The second kappa shape index (κ2) is 8.29. The highest BCUT2D eigenvalue weighted by atomic mass is 14.7. The van der Waals surface area contributed by atoms with E-state index >= 15 is 0 Å². The Balaban J connectivity index is 0. The highest BCUT2D eigenvalue weighted by Gasteiger charge is 2.13. The van der Waals surface area contributed by atoms with Crippen molar-refractivity contribution in [1.29, 1.82) is 0 Å². The van der Waals surface area contributed by atoms with Crippen LogP contribution in [0.3, 0.4) is 0 Å². The molecule has 0 fully saturated rings. The maximum atomic E-state index is 4.44. The molecule has 1 heterocycles. The monoisotopic (exact) mass is 251 g/mol. The molecule has 0 saturated carbocycles. The summed E-state index contributed by atoms with van der Waals surface area (Å²) in [4.78, 5) is 4.44. The summed E-state index contributed by atoms with van der Waals surface area (Å²) >= 11 is 0. The molecule has 0 radical (unpaired) electrons. The summed E-state index contributed by atoms with van der Waals surface area (Å²) in [5.74, 6) is 1.36. The van der Waals surface area contributed by atoms with Crippen LogP contribution >= 0.6 is 0 Å². The molecule has 1 heteroatoms. The Kier molecular flexibility index (Phi) is 8.97. The Morgan fingerprint density at radius 1 is 0.944 bits per heavy atom. The summed E-state index contributed by atoms with van der Waals surface area (Å²) < 4.78 is 0. The van der Waals surface area contributed by atoms with Crippen molar-refractivity contribution in [2.45, 2.75) is 74.1 Å². The van der Waals surface area contributed by atoms with Crippen molar-refractivity contribution in [2.75, 3.05) is 0 Å². The van der Waals surface area contributed by atoms with Crippen LogP contribution in [0, 0.1) is 5.92 Å². The number of hydrogen-bond donors (Lipinski definition) is 0. The first-order chi connectivity index (χ1) is 7.64. The van der Waals surface area contributed by atoms with E-state index in [1.165, 1.54) is 11.3 Å². The molecule has 0 unspecified atom stereocenters. The molecule has 0 amide bonds. The van der Waals surface area contributed by atoms with Gasteiger partial charge in [0.05, 0.1) is 0 Å². The highest BCUT2D eigenvalue weighted by Crippen LogP contribution is 2.22. The van der Waals surface area contributed by atoms with Crippen LogP contribution in [-0.4, -0.2) is 4.98 Å². The molecule has 0 spiro atoms. The minimum atomic E-state index is 0. The van der Waals surface area contributed by atoms with E-state index in [1.54, 1.807) is 0 Å². The van der Waals surface area contributed by atoms with E-state index in [2.05, 4.69) is 72.5 Å². The Hall–Kier alpha value is -0.850. The van der Waals surface area contributed by atoms with Gasteiger partial charge in [0.1, 0.15) is 0 Å². The van der Waals surface area contributed by atoms with Crippen LogP contribution in [0.25, 0.3) is 0 Å². The predicted octanol–water partition coefficient (Wildman–Crippen LogP) is 5.80. The van der Waals surface area contributed by atoms with Gasteiger partial charge in [0.25, 0.3) is 0 Å². The van der Waals surface area contributed by atoms with Crippen LogP contribution in [0.2, 0.25) is 0 Å². The minimum Gasteiger partial charge on any atom is -0.261 e. The second-order valence-electron chi connectivity index (χ2n) is 6.61. The SMILES string of the molecule is C.CC(C)C.CC(C)c1ccc(C(C)(C)C)cn1. The van der Waals surface area contributed by atoms with Crippen molar-refractivity contribution in [1.82, 2.24) is 4.98 Å². The number of rotatable bonds is 1. The third-order valence-corrected chi connectivity index (χ3v) is 2.24. The van der Waals surface area contributed by atoms with Crippen LogP contribution in [0.5, 0.6) is 0 Å². The van der Waals surface area contributed by atoms with E-state index in [1.807, 2.05) is 6.20 Å². The highest BCUT2D eigenvalue weighted by molar-refractivity contribution is 5.22. The molecular weight excluding hydrogens is 218 g/mol. The largest absolute Gasteiger partial charge is 0.261 e. The van der Waals surface area contributed by atoms with Gasteiger partial charge in [-0.25, -0.2) is 0 Å². The molecule has 0 N–H and O–H groups in total. The van der Waals surface area contributed by atoms with Gasteiger partial charge in [-0.05, 0) is 28.9 Å². The minimum absolute atomic E-state index is 0. The van der Waals surface area contributed by atoms with Crippen molar-refractivity contribution >= 4 is 0 Å². The van der Waals surface area contributed by atoms with Gasteiger partial charge in [-0.1, -0.05) is 68.9 Å². The Bertz CT molecular complexity index is 299. The quantitative estimate of drug-likeness (QED) is 0.614. The molecule has 0 aliphatic rings. The summed E-state index contributed by atoms with van der Waals surface area (Å²) in [5, 5.41) is 0. The maximum Gasteiger partial charge on any atom is 0.0429 e. The fraction of sp³-hybridized carbons (Fsp3) is 0.706. The fourth-order valence-corrected chi connectivity index (χ4v) is 1.19. The Morgan fingerprint density at radius 3 is 1.61 bits per heavy atom. The van der Waals surface area contributed by atoms with Crippen molar-refractivity contribution in [3.05, 3.63) is 29.6 Å². The zero-order valence-corrected chi connectivity index (χ0v) is 12.8. The first-order valence-corrected chi connectivity index (χ1v) is 6.61. The lowest BCUT2D eigenvalue weighted by Crippen LogP contribution is -2.11. The molecular formula is C17H33N. The smallest absolute Gasteiger partial charge is 0.0429 e. The zero-order valence-electron chi connectivity index (χ0n) is 12.8. The summed E-state index contributed by atoms with van der Waals surface area (Å²) in [5.41, 5.74) is 2.69. The molecule has 106 valence electrons. The van der Waals surface area contributed by atoms with Crippen molar-refractivity contribution < 1.29 is 0 Å². The van der Waals surface area contributed by atoms with Gasteiger partial charge in [-0.2, -0.15) is 0 Å². The summed E-state index contributed by atoms with van der Waals surface area (Å²) in [6, 6.07) is 4.31. The fourth-order valence-electron chi connectivity index (χ4n) is 1.19. The molecule has 1 aromatic rings. The summed E-state index contributed by atoms with van der Waals surface area (Å²) in [6.07, 6.45) is 2.00. The number of nitrogens with zero attached hydrogens (tertiary/aromatic N) is 1. The van der Waals surface area contributed by atoms with E-state index in [4.69, 9.17) is 0 Å². The third kappa shape index (κ3) is 8.27. The van der Waals surface area contributed by atoms with Gasteiger partial charge in [-0.15, -0.1) is 0 Å². The van der Waals surface area contributed by atoms with E-state index in [9.17, 15) is 0 Å². The lowest BCUT2D eigenvalue weighted by atomic mass is 9.88. The first kappa shape index (κ1) is 19.5.